The lowest BCUT2D eigenvalue weighted by Crippen LogP contribution is -2.79. The van der Waals surface area contributed by atoms with Crippen LogP contribution in [-0.2, 0) is 0 Å². The van der Waals surface area contributed by atoms with Crippen molar-refractivity contribution >= 4 is 0 Å². The third-order valence-corrected chi connectivity index (χ3v) is 31.2. The van der Waals surface area contributed by atoms with E-state index in [0.29, 0.717) is 97.2 Å². The summed E-state index contributed by atoms with van der Waals surface area (Å²) in [5.74, 6) is 4.35. The minimum atomic E-state index is 0.529. The van der Waals surface area contributed by atoms with Crippen molar-refractivity contribution in [2.75, 3.05) is 39.3 Å². The van der Waals surface area contributed by atoms with E-state index in [2.05, 4.69) is 61.3 Å². The van der Waals surface area contributed by atoms with Gasteiger partial charge in [0.05, 0.1) is 37.0 Å². The van der Waals surface area contributed by atoms with Crippen molar-refractivity contribution in [3.8, 4) is 0 Å². The maximum absolute atomic E-state index is 4.56. The van der Waals surface area contributed by atoms with Gasteiger partial charge in [-0.2, -0.15) is 0 Å². The molecule has 6 saturated heterocycles. The molecule has 0 aromatic rings. The molecule has 16 rings (SSSR count). The maximum Gasteiger partial charge on any atom is 0.0602 e. The number of hydrogen-bond donors (Lipinski definition) is 6. The lowest BCUT2D eigenvalue weighted by atomic mass is 9.42. The van der Waals surface area contributed by atoms with Gasteiger partial charge in [0.15, 0.2) is 0 Å². The van der Waals surface area contributed by atoms with Gasteiger partial charge >= 0.3 is 0 Å². The first-order valence-corrected chi connectivity index (χ1v) is 43.8. The molecule has 16 aliphatic rings. The van der Waals surface area contributed by atoms with E-state index in [1.165, 1.54) is 373 Å². The number of piperidine rings is 6. The van der Waals surface area contributed by atoms with Gasteiger partial charge in [-0.15, -0.1) is 0 Å². The van der Waals surface area contributed by atoms with E-state index in [1.807, 2.05) is 0 Å². The largest absolute Gasteiger partial charge is 0.302 e. The zero-order chi connectivity index (χ0) is 62.6. The Labute approximate surface area is 576 Å². The van der Waals surface area contributed by atoms with Crippen molar-refractivity contribution in [1.82, 2.24) is 61.3 Å². The van der Waals surface area contributed by atoms with Crippen molar-refractivity contribution in [1.29, 1.82) is 0 Å². The van der Waals surface area contributed by atoms with Crippen molar-refractivity contribution < 1.29 is 0 Å². The molecule has 10 saturated carbocycles. The highest BCUT2D eigenvalue weighted by molar-refractivity contribution is 5.22. The first kappa shape index (κ1) is 68.0. The van der Waals surface area contributed by atoms with Crippen LogP contribution in [0.15, 0.2) is 0 Å². The van der Waals surface area contributed by atoms with Crippen LogP contribution in [0.4, 0.5) is 0 Å². The Bertz CT molecular complexity index is 1960. The molecular weight excluding hydrogens is 1150 g/mol. The lowest BCUT2D eigenvalue weighted by Gasteiger charge is -2.73. The molecule has 16 fully saturated rings. The maximum atomic E-state index is 4.56. The molecule has 0 aromatic carbocycles. The summed E-state index contributed by atoms with van der Waals surface area (Å²) >= 11 is 0. The van der Waals surface area contributed by atoms with E-state index in [1.54, 1.807) is 0 Å². The lowest BCUT2D eigenvalue weighted by molar-refractivity contribution is -0.239. The van der Waals surface area contributed by atoms with Crippen molar-refractivity contribution in [2.24, 2.45) is 35.5 Å². The fourth-order valence-corrected chi connectivity index (χ4v) is 27.7. The highest BCUT2D eigenvalue weighted by Crippen LogP contribution is 2.66. The Kier molecular flexibility index (Phi) is 23.8. The molecule has 12 nitrogen and oxygen atoms in total. The summed E-state index contributed by atoms with van der Waals surface area (Å²) < 4.78 is 0. The first-order chi connectivity index (χ1) is 46.7. The molecule has 6 heterocycles. The van der Waals surface area contributed by atoms with Gasteiger partial charge in [-0.05, 0) is 293 Å². The average molecular weight is 1300 g/mol. The summed E-state index contributed by atoms with van der Waals surface area (Å²) in [4.78, 5) is 21.3. The predicted molar refractivity (Wildman–Crippen MR) is 388 cm³/mol. The molecule has 0 bridgehead atoms. The van der Waals surface area contributed by atoms with Crippen LogP contribution in [0.2, 0.25) is 0 Å². The van der Waals surface area contributed by atoms with Gasteiger partial charge in [-0.3, -0.25) is 29.4 Å². The van der Waals surface area contributed by atoms with Crippen molar-refractivity contribution in [3.63, 3.8) is 0 Å². The summed E-state index contributed by atoms with van der Waals surface area (Å²) in [6.07, 6.45) is 77.5. The minimum absolute atomic E-state index is 0.529. The summed E-state index contributed by atoms with van der Waals surface area (Å²) in [5.41, 5.74) is 0. The molecule has 6 aliphatic heterocycles. The predicted octanol–water partition coefficient (Wildman–Crippen LogP) is 14.9. The van der Waals surface area contributed by atoms with Gasteiger partial charge < -0.3 is 31.9 Å². The first-order valence-electron chi connectivity index (χ1n) is 43.8. The molecule has 0 amide bonds. The molecule has 18 atom stereocenters. The van der Waals surface area contributed by atoms with E-state index in [4.69, 9.17) is 0 Å². The fourth-order valence-electron chi connectivity index (χ4n) is 27.7. The minimum Gasteiger partial charge on any atom is -0.302 e. The molecule has 12 heteroatoms. The normalized spacial score (nSPS) is 42.2. The Balaban J connectivity index is 0.967. The molecule has 0 radical (unpaired) electrons. The number of nitrogens with zero attached hydrogens (tertiary/aromatic N) is 6. The summed E-state index contributed by atoms with van der Waals surface area (Å²) in [6, 6.07) is 8.09. The van der Waals surface area contributed by atoms with Crippen LogP contribution in [0, 0.1) is 35.5 Å². The van der Waals surface area contributed by atoms with Gasteiger partial charge in [0, 0.05) is 72.5 Å². The van der Waals surface area contributed by atoms with E-state index in [-0.39, 0.29) is 0 Å². The van der Waals surface area contributed by atoms with E-state index in [9.17, 15) is 0 Å². The number of rotatable bonds is 18. The van der Waals surface area contributed by atoms with Crippen LogP contribution in [0.5, 0.6) is 0 Å². The zero-order valence-electron chi connectivity index (χ0n) is 60.6. The SMILES string of the molecule is C1CCC(N(C2CCCCN2)C2CC(N(C3CCCCC3)C3CCCCN3)C3C4C2CC(N(C2CCCCC2)C2CCCCN2)C2C4C(CC3N(C3CCCCC3)C3CCCCN3)C(N(C3CCCCC3)C3CCCCN3)CC2N(C2CCCCC2)C2CCCCN2)CC1. The molecular formula is C82H146N12. The zero-order valence-corrected chi connectivity index (χ0v) is 60.6. The molecule has 534 valence electrons. The van der Waals surface area contributed by atoms with Gasteiger partial charge in [0.1, 0.15) is 0 Å². The molecule has 10 aliphatic carbocycles. The summed E-state index contributed by atoms with van der Waals surface area (Å²) in [5, 5.41) is 27.3. The topological polar surface area (TPSA) is 91.6 Å². The van der Waals surface area contributed by atoms with Crippen LogP contribution < -0.4 is 31.9 Å². The quantitative estimate of drug-likeness (QED) is 0.0790. The van der Waals surface area contributed by atoms with Gasteiger partial charge in [-0.1, -0.05) is 116 Å². The third kappa shape index (κ3) is 14.5. The van der Waals surface area contributed by atoms with Crippen molar-refractivity contribution in [2.45, 2.75) is 443 Å². The van der Waals surface area contributed by atoms with Crippen LogP contribution in [0.1, 0.15) is 334 Å². The van der Waals surface area contributed by atoms with Gasteiger partial charge in [-0.25, -0.2) is 0 Å². The Morgan fingerprint density at radius 1 is 0.160 bits per heavy atom. The number of nitrogens with one attached hydrogen (secondary N) is 6. The highest BCUT2D eigenvalue weighted by Gasteiger charge is 2.70. The van der Waals surface area contributed by atoms with Crippen LogP contribution in [0.25, 0.3) is 0 Å². The van der Waals surface area contributed by atoms with Crippen LogP contribution >= 0.6 is 0 Å². The second kappa shape index (κ2) is 32.9. The highest BCUT2D eigenvalue weighted by atomic mass is 15.4. The van der Waals surface area contributed by atoms with Gasteiger partial charge in [0.2, 0.25) is 0 Å². The van der Waals surface area contributed by atoms with Gasteiger partial charge in [0.25, 0.3) is 0 Å². The molecule has 94 heavy (non-hydrogen) atoms. The molecule has 0 spiro atoms. The van der Waals surface area contributed by atoms with Crippen LogP contribution in [-0.4, -0.2) is 178 Å². The van der Waals surface area contributed by atoms with E-state index in [0.717, 1.165) is 47.8 Å². The molecule has 0 aromatic heterocycles. The summed E-state index contributed by atoms with van der Waals surface area (Å²) in [6.45, 7) is 7.38. The fraction of sp³-hybridized carbons (Fsp3) is 1.00. The second-order valence-electron chi connectivity index (χ2n) is 36.2. The van der Waals surface area contributed by atoms with E-state index < -0.39 is 0 Å². The smallest absolute Gasteiger partial charge is 0.0602 e. The number of hydrogen-bond acceptors (Lipinski definition) is 12. The molecule has 6 N–H and O–H groups in total. The van der Waals surface area contributed by atoms with Crippen LogP contribution in [0.3, 0.4) is 0 Å². The summed E-state index contributed by atoms with van der Waals surface area (Å²) in [7, 11) is 0. The monoisotopic (exact) mass is 1300 g/mol. The average Bonchev–Trinajstić information content (AvgIpc) is 0.685. The standard InChI is InChI=1S/C82H146N12/c1-7-31-59(32-8-1)89(73-43-19-25-49-83-73)67-57-71(93(63-39-15-5-16-40-63)77-47-23-29-53-87-77)81-70(92(62-37-13-4-14-38-62)76-46-22-28-52-86-76)56-66-68(90(60-33-9-2-10-34-60)74-44-20-26-50-84-74)58-72(94(64-41-17-6-18-42-64)78-48-24-30-54-88-78)82-69(55-65(67)79(81)80(66)82)91(61-35-11-3-12-36-61)75-45-21-27-51-85-75/h59-88H,1-58H2. The third-order valence-electron chi connectivity index (χ3n) is 31.2. The molecule has 18 unspecified atom stereocenters. The Hall–Kier alpha value is -0.480. The second-order valence-corrected chi connectivity index (χ2v) is 36.2. The Morgan fingerprint density at radius 3 is 0.532 bits per heavy atom. The Morgan fingerprint density at radius 2 is 0.340 bits per heavy atom. The van der Waals surface area contributed by atoms with E-state index >= 15 is 0 Å². The van der Waals surface area contributed by atoms with Crippen molar-refractivity contribution in [3.05, 3.63) is 0 Å².